The van der Waals surface area contributed by atoms with Crippen molar-refractivity contribution in [2.24, 2.45) is 5.92 Å². The molecule has 2 aliphatic rings. The van der Waals surface area contributed by atoms with E-state index >= 15 is 0 Å². The summed E-state index contributed by atoms with van der Waals surface area (Å²) in [5.74, 6) is 0.751. The van der Waals surface area contributed by atoms with Crippen LogP contribution in [0.4, 0.5) is 24.9 Å². The maximum Gasteiger partial charge on any atom is 0.573 e. The lowest BCUT2D eigenvalue weighted by Gasteiger charge is -2.44. The number of ether oxygens (including phenoxy) is 1. The monoisotopic (exact) mass is 476 g/mol. The number of aliphatic hydroxyl groups is 1. The van der Waals surface area contributed by atoms with Gasteiger partial charge in [-0.2, -0.15) is 10.2 Å². The molecule has 1 aromatic carbocycles. The average Bonchev–Trinajstić information content (AvgIpc) is 2.79. The first-order chi connectivity index (χ1) is 16.3. The first kappa shape index (κ1) is 24.0. The molecular formula is C23H27F3N6O2. The second-order valence-electron chi connectivity index (χ2n) is 8.74. The highest BCUT2D eigenvalue weighted by atomic mass is 19.4. The summed E-state index contributed by atoms with van der Waals surface area (Å²) in [6.45, 7) is 2.22. The molecule has 0 bridgehead atoms. The highest BCUT2D eigenvalue weighted by Crippen LogP contribution is 2.31. The molecule has 11 heteroatoms. The van der Waals surface area contributed by atoms with Crippen LogP contribution in [0.3, 0.4) is 0 Å². The molecule has 4 rings (SSSR count). The molecule has 34 heavy (non-hydrogen) atoms. The first-order valence-electron chi connectivity index (χ1n) is 11.3. The summed E-state index contributed by atoms with van der Waals surface area (Å²) in [7, 11) is 0. The predicted molar refractivity (Wildman–Crippen MR) is 119 cm³/mol. The van der Waals surface area contributed by atoms with Gasteiger partial charge in [-0.3, -0.25) is 4.90 Å². The van der Waals surface area contributed by atoms with Gasteiger partial charge in [0.1, 0.15) is 23.2 Å². The van der Waals surface area contributed by atoms with Gasteiger partial charge in [0.15, 0.2) is 0 Å². The van der Waals surface area contributed by atoms with E-state index in [2.05, 4.69) is 36.3 Å². The summed E-state index contributed by atoms with van der Waals surface area (Å²) in [4.78, 5) is 10.8. The topological polar surface area (TPSA) is 106 Å². The SMILES string of the molecule is N#Cc1cnc(NCc2ccccc2OC(F)(F)F)nc1NCC1CCC(N2CC(O)C2)CC1. The third-order valence-corrected chi connectivity index (χ3v) is 6.33. The number of β-amino-alcohol motifs (C(OH)–C–C–N with tert-alkyl or cyclic N) is 1. The molecular weight excluding hydrogens is 449 g/mol. The fourth-order valence-electron chi connectivity index (χ4n) is 4.47. The number of nitrogens with one attached hydrogen (secondary N) is 2. The van der Waals surface area contributed by atoms with Crippen LogP contribution >= 0.6 is 0 Å². The standard InChI is InChI=1S/C23H27F3N6O2/c24-23(25,26)34-20-4-2-1-3-16(20)11-29-22-30-12-17(9-27)21(31-22)28-10-15-5-7-18(8-6-15)32-13-19(33)14-32/h1-4,12,15,18-19,33H,5-8,10-11,13-14H2,(H2,28,29,30,31). The molecule has 8 nitrogen and oxygen atoms in total. The first-order valence-corrected chi connectivity index (χ1v) is 11.3. The van der Waals surface area contributed by atoms with Gasteiger partial charge in [-0.05, 0) is 37.7 Å². The second-order valence-corrected chi connectivity index (χ2v) is 8.74. The Morgan fingerprint density at radius 2 is 1.88 bits per heavy atom. The van der Waals surface area contributed by atoms with Crippen molar-refractivity contribution in [3.63, 3.8) is 0 Å². The number of rotatable bonds is 8. The van der Waals surface area contributed by atoms with Crippen molar-refractivity contribution < 1.29 is 23.0 Å². The van der Waals surface area contributed by atoms with E-state index in [1.165, 1.54) is 24.4 Å². The quantitative estimate of drug-likeness (QED) is 0.532. The van der Waals surface area contributed by atoms with Crippen LogP contribution in [0.15, 0.2) is 30.5 Å². The zero-order valence-corrected chi connectivity index (χ0v) is 18.6. The number of halogens is 3. The molecule has 2 aromatic rings. The number of hydrogen-bond acceptors (Lipinski definition) is 8. The maximum absolute atomic E-state index is 12.6. The van der Waals surface area contributed by atoms with Crippen LogP contribution in [0.5, 0.6) is 5.75 Å². The Hall–Kier alpha value is -3.10. The van der Waals surface area contributed by atoms with Crippen LogP contribution in [0.1, 0.15) is 36.8 Å². The van der Waals surface area contributed by atoms with Gasteiger partial charge in [0.25, 0.3) is 0 Å². The Morgan fingerprint density at radius 3 is 2.56 bits per heavy atom. The summed E-state index contributed by atoms with van der Waals surface area (Å²) in [6.07, 6.45) is 0.696. The Balaban J connectivity index is 1.32. The Kier molecular flexibility index (Phi) is 7.38. The molecule has 0 unspecified atom stereocenters. The molecule has 1 aliphatic carbocycles. The molecule has 0 atom stereocenters. The van der Waals surface area contributed by atoms with Crippen molar-refractivity contribution in [2.45, 2.75) is 50.7 Å². The highest BCUT2D eigenvalue weighted by molar-refractivity contribution is 5.53. The summed E-state index contributed by atoms with van der Waals surface area (Å²) >= 11 is 0. The second kappa shape index (κ2) is 10.4. The van der Waals surface area contributed by atoms with Crippen LogP contribution in [-0.2, 0) is 6.54 Å². The van der Waals surface area contributed by atoms with Crippen molar-refractivity contribution in [2.75, 3.05) is 30.3 Å². The Bertz CT molecular complexity index is 1010. The van der Waals surface area contributed by atoms with Crippen LogP contribution in [0.2, 0.25) is 0 Å². The minimum absolute atomic E-state index is 0.0206. The maximum atomic E-state index is 12.6. The van der Waals surface area contributed by atoms with Crippen molar-refractivity contribution in [3.8, 4) is 11.8 Å². The van der Waals surface area contributed by atoms with Gasteiger partial charge in [-0.15, -0.1) is 13.2 Å². The predicted octanol–water partition coefficient (Wildman–Crippen LogP) is 3.51. The van der Waals surface area contributed by atoms with Crippen molar-refractivity contribution in [1.29, 1.82) is 5.26 Å². The Labute approximate surface area is 195 Å². The van der Waals surface area contributed by atoms with E-state index in [0.29, 0.717) is 35.4 Å². The van der Waals surface area contributed by atoms with Gasteiger partial charge >= 0.3 is 6.36 Å². The number of anilines is 2. The zero-order chi connectivity index (χ0) is 24.1. The van der Waals surface area contributed by atoms with Gasteiger partial charge in [0, 0.05) is 37.8 Å². The van der Waals surface area contributed by atoms with Gasteiger partial charge in [-0.25, -0.2) is 4.98 Å². The van der Waals surface area contributed by atoms with E-state index in [1.54, 1.807) is 6.07 Å². The molecule has 1 aliphatic heterocycles. The van der Waals surface area contributed by atoms with Crippen molar-refractivity contribution >= 4 is 11.8 Å². The third-order valence-electron chi connectivity index (χ3n) is 6.33. The zero-order valence-electron chi connectivity index (χ0n) is 18.6. The van der Waals surface area contributed by atoms with Gasteiger partial charge in [0.05, 0.1) is 12.3 Å². The van der Waals surface area contributed by atoms with E-state index in [-0.39, 0.29) is 24.3 Å². The fraction of sp³-hybridized carbons (Fsp3) is 0.522. The number of likely N-dealkylation sites (tertiary alicyclic amines) is 1. The highest BCUT2D eigenvalue weighted by Gasteiger charge is 2.33. The van der Waals surface area contributed by atoms with Crippen LogP contribution in [0.25, 0.3) is 0 Å². The molecule has 0 amide bonds. The molecule has 1 saturated carbocycles. The number of aliphatic hydroxyl groups excluding tert-OH is 1. The summed E-state index contributed by atoms with van der Waals surface area (Å²) in [5, 5.41) is 25.1. The molecule has 2 heterocycles. The van der Waals surface area contributed by atoms with Crippen molar-refractivity contribution in [3.05, 3.63) is 41.6 Å². The Morgan fingerprint density at radius 1 is 1.15 bits per heavy atom. The molecule has 1 aromatic heterocycles. The number of hydrogen-bond donors (Lipinski definition) is 3. The molecule has 1 saturated heterocycles. The number of benzene rings is 1. The lowest BCUT2D eigenvalue weighted by molar-refractivity contribution is -0.274. The smallest absolute Gasteiger partial charge is 0.405 e. The average molecular weight is 477 g/mol. The normalized spacial score (nSPS) is 21.4. The lowest BCUT2D eigenvalue weighted by atomic mass is 9.84. The minimum atomic E-state index is -4.78. The summed E-state index contributed by atoms with van der Waals surface area (Å²) in [5.41, 5.74) is 0.600. The van der Waals surface area contributed by atoms with Gasteiger partial charge in [0.2, 0.25) is 5.95 Å². The molecule has 0 radical (unpaired) electrons. The molecule has 3 N–H and O–H groups in total. The van der Waals surface area contributed by atoms with E-state index in [9.17, 15) is 23.5 Å². The number of alkyl halides is 3. The van der Waals surface area contributed by atoms with E-state index in [4.69, 9.17) is 0 Å². The van der Waals surface area contributed by atoms with Gasteiger partial charge < -0.3 is 20.5 Å². The molecule has 182 valence electrons. The van der Waals surface area contributed by atoms with E-state index < -0.39 is 6.36 Å². The van der Waals surface area contributed by atoms with Gasteiger partial charge in [-0.1, -0.05) is 18.2 Å². The van der Waals surface area contributed by atoms with Crippen LogP contribution in [0, 0.1) is 17.2 Å². The number of aromatic nitrogens is 2. The number of nitrogens with zero attached hydrogens (tertiary/aromatic N) is 4. The van der Waals surface area contributed by atoms with Crippen LogP contribution < -0.4 is 15.4 Å². The molecule has 2 fully saturated rings. The van der Waals surface area contributed by atoms with E-state index in [1.807, 2.05) is 0 Å². The van der Waals surface area contributed by atoms with E-state index in [0.717, 1.165) is 38.8 Å². The number of para-hydroxylation sites is 1. The summed E-state index contributed by atoms with van der Waals surface area (Å²) < 4.78 is 42.0. The lowest BCUT2D eigenvalue weighted by Crippen LogP contribution is -2.56. The fourth-order valence-corrected chi connectivity index (χ4v) is 4.47. The summed E-state index contributed by atoms with van der Waals surface area (Å²) in [6, 6.07) is 8.45. The third kappa shape index (κ3) is 6.27. The minimum Gasteiger partial charge on any atom is -0.405 e. The largest absolute Gasteiger partial charge is 0.573 e. The van der Waals surface area contributed by atoms with Crippen molar-refractivity contribution in [1.82, 2.24) is 14.9 Å². The number of nitriles is 1. The molecule has 0 spiro atoms. The van der Waals surface area contributed by atoms with Crippen LogP contribution in [-0.4, -0.2) is 58.1 Å².